The van der Waals surface area contributed by atoms with Crippen molar-refractivity contribution >= 4 is 17.4 Å². The number of aromatic nitrogens is 2. The van der Waals surface area contributed by atoms with Gasteiger partial charge in [-0.15, -0.1) is 11.8 Å². The molecule has 1 aromatic rings. The van der Waals surface area contributed by atoms with E-state index in [4.69, 9.17) is 20.7 Å². The number of nitrogen functional groups attached to an aromatic ring is 1. The van der Waals surface area contributed by atoms with Crippen LogP contribution in [0.5, 0.6) is 5.88 Å². The second kappa shape index (κ2) is 5.74. The van der Waals surface area contributed by atoms with Gasteiger partial charge in [-0.2, -0.15) is 4.98 Å². The fourth-order valence-corrected chi connectivity index (χ4v) is 1.69. The Morgan fingerprint density at radius 1 is 1.60 bits per heavy atom. The third-order valence-corrected chi connectivity index (χ3v) is 2.78. The van der Waals surface area contributed by atoms with E-state index in [1.165, 1.54) is 25.2 Å². The SMILES string of the molecule is COc1ncnc(SCC(O)CO)c1N. The van der Waals surface area contributed by atoms with E-state index < -0.39 is 6.10 Å². The molecule has 84 valence electrons. The summed E-state index contributed by atoms with van der Waals surface area (Å²) in [5, 5.41) is 18.3. The Morgan fingerprint density at radius 2 is 2.33 bits per heavy atom. The normalized spacial score (nSPS) is 12.5. The molecule has 0 radical (unpaired) electrons. The monoisotopic (exact) mass is 231 g/mol. The molecule has 1 aromatic heterocycles. The zero-order chi connectivity index (χ0) is 11.3. The molecule has 0 aliphatic rings. The predicted octanol–water partition coefficient (Wildman–Crippen LogP) is -0.487. The van der Waals surface area contributed by atoms with Crippen LogP contribution in [-0.2, 0) is 0 Å². The van der Waals surface area contributed by atoms with Crippen LogP contribution in [0.2, 0.25) is 0 Å². The average molecular weight is 231 g/mol. The van der Waals surface area contributed by atoms with Crippen LogP contribution in [0, 0.1) is 0 Å². The molecule has 1 unspecified atom stereocenters. The Kier molecular flexibility index (Phi) is 4.60. The number of thioether (sulfide) groups is 1. The lowest BCUT2D eigenvalue weighted by Gasteiger charge is -2.09. The highest BCUT2D eigenvalue weighted by molar-refractivity contribution is 7.99. The number of hydrogen-bond donors (Lipinski definition) is 3. The maximum atomic E-state index is 9.15. The molecule has 0 bridgehead atoms. The average Bonchev–Trinajstić information content (AvgIpc) is 2.27. The van der Waals surface area contributed by atoms with Crippen molar-refractivity contribution in [2.24, 2.45) is 0 Å². The number of aliphatic hydroxyl groups is 2. The van der Waals surface area contributed by atoms with Crippen LogP contribution < -0.4 is 10.5 Å². The van der Waals surface area contributed by atoms with Crippen molar-refractivity contribution in [1.29, 1.82) is 0 Å². The predicted molar refractivity (Wildman–Crippen MR) is 56.8 cm³/mol. The van der Waals surface area contributed by atoms with E-state index in [0.29, 0.717) is 22.3 Å². The van der Waals surface area contributed by atoms with Gasteiger partial charge in [-0.05, 0) is 0 Å². The first-order valence-corrected chi connectivity index (χ1v) is 5.23. The van der Waals surface area contributed by atoms with Crippen LogP contribution in [0.3, 0.4) is 0 Å². The van der Waals surface area contributed by atoms with Gasteiger partial charge in [0.25, 0.3) is 0 Å². The largest absolute Gasteiger partial charge is 0.479 e. The fraction of sp³-hybridized carbons (Fsp3) is 0.500. The molecule has 0 spiro atoms. The topological polar surface area (TPSA) is 101 Å². The van der Waals surface area contributed by atoms with E-state index in [0.717, 1.165) is 0 Å². The molecule has 1 atom stereocenters. The third-order valence-electron chi connectivity index (χ3n) is 1.63. The number of rotatable bonds is 5. The molecule has 4 N–H and O–H groups in total. The van der Waals surface area contributed by atoms with Gasteiger partial charge in [-0.3, -0.25) is 0 Å². The quantitative estimate of drug-likeness (QED) is 0.464. The van der Waals surface area contributed by atoms with Crippen LogP contribution in [0.25, 0.3) is 0 Å². The summed E-state index contributed by atoms with van der Waals surface area (Å²) in [6.45, 7) is -0.283. The summed E-state index contributed by atoms with van der Waals surface area (Å²) < 4.78 is 4.92. The first kappa shape index (κ1) is 12.0. The smallest absolute Gasteiger partial charge is 0.241 e. The molecule has 1 rings (SSSR count). The Morgan fingerprint density at radius 3 is 2.93 bits per heavy atom. The van der Waals surface area contributed by atoms with E-state index >= 15 is 0 Å². The Bertz CT molecular complexity index is 324. The summed E-state index contributed by atoms with van der Waals surface area (Å²) in [6, 6.07) is 0. The highest BCUT2D eigenvalue weighted by atomic mass is 32.2. The van der Waals surface area contributed by atoms with Crippen molar-refractivity contribution in [1.82, 2.24) is 9.97 Å². The molecule has 6 nitrogen and oxygen atoms in total. The van der Waals surface area contributed by atoms with Crippen LogP contribution in [0.4, 0.5) is 5.69 Å². The van der Waals surface area contributed by atoms with E-state index in [1.54, 1.807) is 0 Å². The van der Waals surface area contributed by atoms with Crippen molar-refractivity contribution < 1.29 is 14.9 Å². The molecule has 0 aromatic carbocycles. The summed E-state index contributed by atoms with van der Waals surface area (Å²) in [5.74, 6) is 0.631. The van der Waals surface area contributed by atoms with Gasteiger partial charge in [0.2, 0.25) is 5.88 Å². The third kappa shape index (κ3) is 3.22. The summed E-state index contributed by atoms with van der Waals surface area (Å²) in [6.07, 6.45) is 0.554. The summed E-state index contributed by atoms with van der Waals surface area (Å²) in [4.78, 5) is 7.77. The number of nitrogens with two attached hydrogens (primary N) is 1. The molecule has 7 heteroatoms. The number of ether oxygens (including phenoxy) is 1. The van der Waals surface area contributed by atoms with Crippen molar-refractivity contribution in [2.45, 2.75) is 11.1 Å². The highest BCUT2D eigenvalue weighted by Gasteiger charge is 2.10. The Balaban J connectivity index is 2.68. The maximum Gasteiger partial charge on any atom is 0.241 e. The standard InChI is InChI=1S/C8H13N3O3S/c1-14-7-6(9)8(11-4-10-7)15-3-5(13)2-12/h4-5,12-13H,2-3,9H2,1H3. The molecule has 0 fully saturated rings. The van der Waals surface area contributed by atoms with Gasteiger partial charge in [0, 0.05) is 5.75 Å². The second-order valence-electron chi connectivity index (χ2n) is 2.75. The number of hydrogen-bond acceptors (Lipinski definition) is 7. The molecule has 0 saturated heterocycles. The molecule has 0 aliphatic heterocycles. The Labute approximate surface area is 91.5 Å². The lowest BCUT2D eigenvalue weighted by atomic mass is 10.4. The molecule has 15 heavy (non-hydrogen) atoms. The first-order chi connectivity index (χ1) is 7.19. The van der Waals surface area contributed by atoms with Gasteiger partial charge in [-0.1, -0.05) is 0 Å². The minimum atomic E-state index is -0.782. The van der Waals surface area contributed by atoms with Gasteiger partial charge in [0.15, 0.2) is 0 Å². The molecular weight excluding hydrogens is 218 g/mol. The number of anilines is 1. The first-order valence-electron chi connectivity index (χ1n) is 4.25. The van der Waals surface area contributed by atoms with E-state index in [2.05, 4.69) is 9.97 Å². The molecule has 0 amide bonds. The number of methoxy groups -OCH3 is 1. The lowest BCUT2D eigenvalue weighted by molar-refractivity contribution is 0.113. The minimum Gasteiger partial charge on any atom is -0.479 e. The van der Waals surface area contributed by atoms with E-state index in [-0.39, 0.29) is 6.61 Å². The van der Waals surface area contributed by atoms with E-state index in [1.807, 2.05) is 0 Å². The van der Waals surface area contributed by atoms with Gasteiger partial charge in [-0.25, -0.2) is 4.98 Å². The zero-order valence-corrected chi connectivity index (χ0v) is 9.07. The van der Waals surface area contributed by atoms with Gasteiger partial charge < -0.3 is 20.7 Å². The van der Waals surface area contributed by atoms with Crippen LogP contribution in [0.1, 0.15) is 0 Å². The van der Waals surface area contributed by atoms with Crippen molar-refractivity contribution in [3.8, 4) is 5.88 Å². The van der Waals surface area contributed by atoms with Crippen LogP contribution in [-0.4, -0.2) is 45.8 Å². The lowest BCUT2D eigenvalue weighted by Crippen LogP contribution is -2.15. The van der Waals surface area contributed by atoms with Gasteiger partial charge >= 0.3 is 0 Å². The maximum absolute atomic E-state index is 9.15. The van der Waals surface area contributed by atoms with Crippen molar-refractivity contribution in [2.75, 3.05) is 25.2 Å². The van der Waals surface area contributed by atoms with Crippen molar-refractivity contribution in [3.05, 3.63) is 6.33 Å². The molecule has 0 saturated carbocycles. The summed E-state index contributed by atoms with van der Waals surface area (Å²) >= 11 is 1.24. The number of aliphatic hydroxyl groups excluding tert-OH is 2. The fourth-order valence-electron chi connectivity index (χ4n) is 0.870. The van der Waals surface area contributed by atoms with Crippen LogP contribution >= 0.6 is 11.8 Å². The molecular formula is C8H13N3O3S. The van der Waals surface area contributed by atoms with E-state index in [9.17, 15) is 0 Å². The van der Waals surface area contributed by atoms with Gasteiger partial charge in [0.05, 0.1) is 19.8 Å². The van der Waals surface area contributed by atoms with Gasteiger partial charge in [0.1, 0.15) is 17.0 Å². The molecule has 0 aliphatic carbocycles. The Hall–Kier alpha value is -1.05. The highest BCUT2D eigenvalue weighted by Crippen LogP contribution is 2.28. The van der Waals surface area contributed by atoms with Crippen LogP contribution in [0.15, 0.2) is 11.4 Å². The number of nitrogens with zero attached hydrogens (tertiary/aromatic N) is 2. The second-order valence-corrected chi connectivity index (χ2v) is 3.76. The minimum absolute atomic E-state index is 0.283. The zero-order valence-electron chi connectivity index (χ0n) is 8.25. The van der Waals surface area contributed by atoms with Crippen molar-refractivity contribution in [3.63, 3.8) is 0 Å². The molecule has 1 heterocycles. The summed E-state index contributed by atoms with van der Waals surface area (Å²) in [5.41, 5.74) is 6.05. The summed E-state index contributed by atoms with van der Waals surface area (Å²) in [7, 11) is 1.47.